The molecule has 3 aromatic heterocycles. The highest BCUT2D eigenvalue weighted by molar-refractivity contribution is 5.69. The van der Waals surface area contributed by atoms with Crippen LogP contribution in [0, 0.1) is 12.7 Å². The molecule has 8 nitrogen and oxygen atoms in total. The van der Waals surface area contributed by atoms with Gasteiger partial charge in [-0.3, -0.25) is 4.40 Å². The van der Waals surface area contributed by atoms with E-state index < -0.39 is 5.60 Å². The number of carbonyl (C=O) groups is 1. The van der Waals surface area contributed by atoms with Gasteiger partial charge in [-0.25, -0.2) is 24.1 Å². The van der Waals surface area contributed by atoms with Crippen molar-refractivity contribution in [3.63, 3.8) is 0 Å². The van der Waals surface area contributed by atoms with Gasteiger partial charge in [0.1, 0.15) is 28.6 Å². The highest BCUT2D eigenvalue weighted by Crippen LogP contribution is 2.23. The van der Waals surface area contributed by atoms with Gasteiger partial charge in [0.05, 0.1) is 6.20 Å². The Balaban J connectivity index is 1.52. The molecule has 158 valence electrons. The minimum absolute atomic E-state index is 0.0543. The Morgan fingerprint density at radius 3 is 2.83 bits per heavy atom. The predicted octanol–water partition coefficient (Wildman–Crippen LogP) is 3.66. The number of aromatic nitrogens is 4. The van der Waals surface area contributed by atoms with Crippen molar-refractivity contribution in [2.24, 2.45) is 0 Å². The number of imidazole rings is 1. The Kier molecular flexibility index (Phi) is 5.05. The maximum atomic E-state index is 13.7. The first-order valence-electron chi connectivity index (χ1n) is 9.91. The minimum Gasteiger partial charge on any atom is -0.444 e. The lowest BCUT2D eigenvalue weighted by molar-refractivity contribution is 0.0293. The monoisotopic (exact) mass is 412 g/mol. The van der Waals surface area contributed by atoms with E-state index in [1.807, 2.05) is 27.7 Å². The SMILES string of the molecule is Cc1cnc(-c2cnc3ccc(F)cn23)nc1N[C@@H]1CCN(C(=O)OC(C)(C)C)C1. The number of hydrogen-bond donors (Lipinski definition) is 1. The zero-order valence-electron chi connectivity index (χ0n) is 17.5. The first-order valence-corrected chi connectivity index (χ1v) is 9.91. The fraction of sp³-hybridized carbons (Fsp3) is 0.429. The predicted molar refractivity (Wildman–Crippen MR) is 111 cm³/mol. The second-order valence-corrected chi connectivity index (χ2v) is 8.50. The largest absolute Gasteiger partial charge is 0.444 e. The summed E-state index contributed by atoms with van der Waals surface area (Å²) in [5, 5.41) is 3.41. The van der Waals surface area contributed by atoms with Crippen LogP contribution in [-0.2, 0) is 4.74 Å². The number of aryl methyl sites for hydroxylation is 1. The van der Waals surface area contributed by atoms with Crippen LogP contribution in [0.2, 0.25) is 0 Å². The van der Waals surface area contributed by atoms with Gasteiger partial charge in [0.25, 0.3) is 0 Å². The third-order valence-corrected chi connectivity index (χ3v) is 4.85. The van der Waals surface area contributed by atoms with Crippen molar-refractivity contribution in [3.05, 3.63) is 42.1 Å². The summed E-state index contributed by atoms with van der Waals surface area (Å²) in [5.41, 5.74) is 1.59. The summed E-state index contributed by atoms with van der Waals surface area (Å²) in [4.78, 5) is 27.3. The number of halogens is 1. The van der Waals surface area contributed by atoms with Crippen molar-refractivity contribution >= 4 is 17.6 Å². The standard InChI is InChI=1S/C21H25FN6O2/c1-13-9-24-19(16-10-23-17-6-5-14(22)11-28(16)17)26-18(13)25-15-7-8-27(12-15)20(29)30-21(2,3)4/h5-6,9-11,15H,7-8,12H2,1-4H3,(H,24,25,26)/t15-/m1/s1. The molecule has 0 saturated carbocycles. The molecule has 1 N–H and O–H groups in total. The fourth-order valence-electron chi connectivity index (χ4n) is 3.40. The van der Waals surface area contributed by atoms with E-state index >= 15 is 0 Å². The number of nitrogens with zero attached hydrogens (tertiary/aromatic N) is 5. The fourth-order valence-corrected chi connectivity index (χ4v) is 3.40. The molecule has 0 radical (unpaired) electrons. The van der Waals surface area contributed by atoms with Gasteiger partial charge in [0.15, 0.2) is 5.82 Å². The van der Waals surface area contributed by atoms with Crippen molar-refractivity contribution in [1.82, 2.24) is 24.3 Å². The van der Waals surface area contributed by atoms with Crippen LogP contribution >= 0.6 is 0 Å². The summed E-state index contributed by atoms with van der Waals surface area (Å²) in [6.07, 6.45) is 5.20. The van der Waals surface area contributed by atoms with Gasteiger partial charge in [-0.2, -0.15) is 0 Å². The molecular formula is C21H25FN6O2. The molecule has 0 spiro atoms. The van der Waals surface area contributed by atoms with Crippen LogP contribution < -0.4 is 5.32 Å². The normalized spacial score (nSPS) is 16.8. The molecule has 1 saturated heterocycles. The first-order chi connectivity index (χ1) is 14.2. The summed E-state index contributed by atoms with van der Waals surface area (Å²) in [6, 6.07) is 3.03. The summed E-state index contributed by atoms with van der Waals surface area (Å²) in [5.74, 6) is 0.769. The van der Waals surface area contributed by atoms with Gasteiger partial charge in [-0.05, 0) is 46.2 Å². The zero-order valence-corrected chi connectivity index (χ0v) is 17.5. The van der Waals surface area contributed by atoms with Crippen LogP contribution in [0.25, 0.3) is 17.2 Å². The van der Waals surface area contributed by atoms with Gasteiger partial charge in [-0.1, -0.05) is 0 Å². The number of likely N-dealkylation sites (tertiary alicyclic amines) is 1. The molecular weight excluding hydrogens is 387 g/mol. The second kappa shape index (κ2) is 7.55. The Morgan fingerprint density at radius 1 is 1.27 bits per heavy atom. The van der Waals surface area contributed by atoms with Crippen LogP contribution in [0.1, 0.15) is 32.8 Å². The number of hydrogen-bond acceptors (Lipinski definition) is 6. The highest BCUT2D eigenvalue weighted by atomic mass is 19.1. The lowest BCUT2D eigenvalue weighted by atomic mass is 10.2. The first kappa shape index (κ1) is 20.1. The van der Waals surface area contributed by atoms with E-state index in [4.69, 9.17) is 4.74 Å². The molecule has 1 amide bonds. The number of carbonyl (C=O) groups excluding carboxylic acids is 1. The molecule has 0 bridgehead atoms. The number of anilines is 1. The van der Waals surface area contributed by atoms with E-state index in [0.717, 1.165) is 12.0 Å². The topological polar surface area (TPSA) is 84.7 Å². The van der Waals surface area contributed by atoms with E-state index in [1.165, 1.54) is 12.3 Å². The maximum Gasteiger partial charge on any atom is 0.410 e. The lowest BCUT2D eigenvalue weighted by Crippen LogP contribution is -2.36. The van der Waals surface area contributed by atoms with Crippen LogP contribution in [0.3, 0.4) is 0 Å². The number of pyridine rings is 1. The molecule has 0 unspecified atom stereocenters. The number of nitrogens with one attached hydrogen (secondary N) is 1. The Labute approximate surface area is 174 Å². The molecule has 1 aliphatic rings. The molecule has 4 rings (SSSR count). The third kappa shape index (κ3) is 4.19. The van der Waals surface area contributed by atoms with E-state index in [9.17, 15) is 9.18 Å². The smallest absolute Gasteiger partial charge is 0.410 e. The zero-order chi connectivity index (χ0) is 21.5. The van der Waals surface area contributed by atoms with Crippen LogP contribution in [-0.4, -0.2) is 55.1 Å². The number of amides is 1. The van der Waals surface area contributed by atoms with E-state index in [1.54, 1.807) is 27.8 Å². The van der Waals surface area contributed by atoms with E-state index in [0.29, 0.717) is 36.1 Å². The van der Waals surface area contributed by atoms with Crippen LogP contribution in [0.5, 0.6) is 0 Å². The third-order valence-electron chi connectivity index (χ3n) is 4.85. The molecule has 0 aromatic carbocycles. The maximum absolute atomic E-state index is 13.7. The van der Waals surface area contributed by atoms with Crippen molar-refractivity contribution in [1.29, 1.82) is 0 Å². The molecule has 9 heteroatoms. The Bertz CT molecular complexity index is 1090. The van der Waals surface area contributed by atoms with Crippen molar-refractivity contribution < 1.29 is 13.9 Å². The molecule has 3 aromatic rings. The van der Waals surface area contributed by atoms with Gasteiger partial charge in [0, 0.05) is 37.1 Å². The van der Waals surface area contributed by atoms with Gasteiger partial charge < -0.3 is 15.0 Å². The Morgan fingerprint density at radius 2 is 2.07 bits per heavy atom. The average molecular weight is 412 g/mol. The highest BCUT2D eigenvalue weighted by Gasteiger charge is 2.30. The van der Waals surface area contributed by atoms with Crippen molar-refractivity contribution in [2.75, 3.05) is 18.4 Å². The van der Waals surface area contributed by atoms with Gasteiger partial charge >= 0.3 is 6.09 Å². The number of rotatable bonds is 3. The number of fused-ring (bicyclic) bond motifs is 1. The summed E-state index contributed by atoms with van der Waals surface area (Å²) < 4.78 is 20.8. The van der Waals surface area contributed by atoms with E-state index in [-0.39, 0.29) is 18.0 Å². The molecule has 1 atom stereocenters. The lowest BCUT2D eigenvalue weighted by Gasteiger charge is -2.24. The number of ether oxygens (including phenoxy) is 1. The van der Waals surface area contributed by atoms with Crippen molar-refractivity contribution in [3.8, 4) is 11.5 Å². The van der Waals surface area contributed by atoms with Gasteiger partial charge in [0.2, 0.25) is 0 Å². The molecule has 1 fully saturated rings. The van der Waals surface area contributed by atoms with Gasteiger partial charge in [-0.15, -0.1) is 0 Å². The molecule has 1 aliphatic heterocycles. The molecule has 30 heavy (non-hydrogen) atoms. The average Bonchev–Trinajstić information content (AvgIpc) is 3.29. The minimum atomic E-state index is -0.520. The van der Waals surface area contributed by atoms with Crippen LogP contribution in [0.4, 0.5) is 15.0 Å². The van der Waals surface area contributed by atoms with Crippen LogP contribution in [0.15, 0.2) is 30.7 Å². The Hall–Kier alpha value is -3.23. The summed E-state index contributed by atoms with van der Waals surface area (Å²) >= 11 is 0. The molecule has 0 aliphatic carbocycles. The summed E-state index contributed by atoms with van der Waals surface area (Å²) in [6.45, 7) is 8.64. The second-order valence-electron chi connectivity index (χ2n) is 8.50. The summed E-state index contributed by atoms with van der Waals surface area (Å²) in [7, 11) is 0. The van der Waals surface area contributed by atoms with Crippen molar-refractivity contribution in [2.45, 2.75) is 45.8 Å². The quantitative estimate of drug-likeness (QED) is 0.707. The van der Waals surface area contributed by atoms with E-state index in [2.05, 4.69) is 20.3 Å². The molecule has 4 heterocycles.